The fourth-order valence-electron chi connectivity index (χ4n) is 2.29. The number of nitrogens with one attached hydrogen (secondary N) is 1. The van der Waals surface area contributed by atoms with Crippen LogP contribution < -0.4 is 5.32 Å². The summed E-state index contributed by atoms with van der Waals surface area (Å²) >= 11 is 0. The van der Waals surface area contributed by atoms with E-state index >= 15 is 0 Å². The van der Waals surface area contributed by atoms with Gasteiger partial charge in [0.05, 0.1) is 12.0 Å². The molecule has 1 aliphatic heterocycles. The molecule has 0 bridgehead atoms. The molecule has 1 N–H and O–H groups in total. The third kappa shape index (κ3) is 3.26. The average Bonchev–Trinajstić information content (AvgIpc) is 2.72. The van der Waals surface area contributed by atoms with E-state index in [1.54, 1.807) is 19.9 Å². The van der Waals surface area contributed by atoms with Crippen LogP contribution in [0.3, 0.4) is 0 Å². The normalized spacial score (nSPS) is 18.5. The van der Waals surface area contributed by atoms with Crippen LogP contribution in [0.5, 0.6) is 0 Å². The molecule has 1 atom stereocenters. The lowest BCUT2D eigenvalue weighted by molar-refractivity contribution is -0.141. The van der Waals surface area contributed by atoms with Crippen molar-refractivity contribution in [3.63, 3.8) is 0 Å². The van der Waals surface area contributed by atoms with Gasteiger partial charge in [-0.05, 0) is 26.0 Å². The molecule has 1 aliphatic rings. The van der Waals surface area contributed by atoms with Crippen LogP contribution in [0.1, 0.15) is 31.5 Å². The Morgan fingerprint density at radius 1 is 1.39 bits per heavy atom. The highest BCUT2D eigenvalue weighted by Gasteiger charge is 2.41. The van der Waals surface area contributed by atoms with E-state index in [-0.39, 0.29) is 23.8 Å². The number of carbonyl (C=O) groups excluding carboxylic acids is 2. The molecule has 122 valence electrons. The third-order valence-electron chi connectivity index (χ3n) is 3.32. The van der Waals surface area contributed by atoms with Crippen molar-refractivity contribution in [2.75, 3.05) is 5.32 Å². The lowest BCUT2D eigenvalue weighted by atomic mass is 10.2. The minimum atomic E-state index is -4.68. The highest BCUT2D eigenvalue weighted by Crippen LogP contribution is 2.30. The van der Waals surface area contributed by atoms with Gasteiger partial charge in [-0.2, -0.15) is 18.4 Å². The molecule has 1 fully saturated rings. The molecule has 1 saturated heterocycles. The van der Waals surface area contributed by atoms with Gasteiger partial charge in [0.2, 0.25) is 5.91 Å². The summed E-state index contributed by atoms with van der Waals surface area (Å²) in [5, 5.41) is 11.5. The molecule has 9 heteroatoms. The smallest absolute Gasteiger partial charge is 0.357 e. The van der Waals surface area contributed by atoms with Crippen molar-refractivity contribution in [3.8, 4) is 6.07 Å². The fourth-order valence-corrected chi connectivity index (χ4v) is 2.29. The SMILES string of the molecule is CC(C)N1C(=O)CC(Nc2nc(C(F)(F)F)ccc2C#N)C1=O. The Bertz CT molecular complexity index is 694. The molecular weight excluding hydrogens is 313 g/mol. The predicted molar refractivity (Wildman–Crippen MR) is 73.0 cm³/mol. The predicted octanol–water partition coefficient (Wildman–Crippen LogP) is 1.92. The van der Waals surface area contributed by atoms with Crippen molar-refractivity contribution >= 4 is 17.6 Å². The molecule has 1 aromatic rings. The second-order valence-electron chi connectivity index (χ2n) is 5.30. The average molecular weight is 326 g/mol. The van der Waals surface area contributed by atoms with Gasteiger partial charge in [-0.1, -0.05) is 0 Å². The molecule has 0 radical (unpaired) electrons. The number of imide groups is 1. The zero-order valence-electron chi connectivity index (χ0n) is 12.3. The zero-order valence-corrected chi connectivity index (χ0v) is 12.3. The molecule has 0 aromatic carbocycles. The molecule has 0 saturated carbocycles. The molecule has 2 rings (SSSR count). The summed E-state index contributed by atoms with van der Waals surface area (Å²) in [5.74, 6) is -1.33. The lowest BCUT2D eigenvalue weighted by Crippen LogP contribution is -2.39. The maximum Gasteiger partial charge on any atom is 0.433 e. The van der Waals surface area contributed by atoms with E-state index in [2.05, 4.69) is 10.3 Å². The Balaban J connectivity index is 2.32. The Kier molecular flexibility index (Phi) is 4.27. The quantitative estimate of drug-likeness (QED) is 0.858. The number of alkyl halides is 3. The number of pyridine rings is 1. The number of carbonyl (C=O) groups is 2. The molecule has 6 nitrogen and oxygen atoms in total. The molecule has 2 heterocycles. The van der Waals surface area contributed by atoms with Gasteiger partial charge in [0.1, 0.15) is 23.6 Å². The van der Waals surface area contributed by atoms with Crippen LogP contribution in [-0.2, 0) is 15.8 Å². The minimum Gasteiger partial charge on any atom is -0.357 e. The minimum absolute atomic E-state index is 0.138. The number of aromatic nitrogens is 1. The number of halogens is 3. The molecule has 0 aliphatic carbocycles. The molecule has 2 amide bonds. The highest BCUT2D eigenvalue weighted by atomic mass is 19.4. The van der Waals surface area contributed by atoms with E-state index < -0.39 is 29.7 Å². The molecule has 1 aromatic heterocycles. The zero-order chi connectivity index (χ0) is 17.4. The van der Waals surface area contributed by atoms with Gasteiger partial charge in [0, 0.05) is 6.04 Å². The Morgan fingerprint density at radius 2 is 2.04 bits per heavy atom. The Morgan fingerprint density at radius 3 is 2.52 bits per heavy atom. The van der Waals surface area contributed by atoms with E-state index in [0.29, 0.717) is 6.07 Å². The number of hydrogen-bond donors (Lipinski definition) is 1. The maximum absolute atomic E-state index is 12.7. The van der Waals surface area contributed by atoms with Crippen LogP contribution >= 0.6 is 0 Å². The van der Waals surface area contributed by atoms with Crippen LogP contribution in [0, 0.1) is 11.3 Å². The first-order valence-corrected chi connectivity index (χ1v) is 6.76. The Hall–Kier alpha value is -2.63. The fraction of sp³-hybridized carbons (Fsp3) is 0.429. The van der Waals surface area contributed by atoms with Gasteiger partial charge < -0.3 is 5.32 Å². The van der Waals surface area contributed by atoms with E-state index in [1.165, 1.54) is 0 Å². The summed E-state index contributed by atoms with van der Waals surface area (Å²) in [6.07, 6.45) is -4.87. The van der Waals surface area contributed by atoms with Crippen molar-refractivity contribution in [2.45, 2.75) is 38.5 Å². The van der Waals surface area contributed by atoms with Crippen LogP contribution in [0.4, 0.5) is 19.0 Å². The number of anilines is 1. The summed E-state index contributed by atoms with van der Waals surface area (Å²) in [7, 11) is 0. The van der Waals surface area contributed by atoms with Crippen molar-refractivity contribution in [2.24, 2.45) is 0 Å². The Labute approximate surface area is 129 Å². The lowest BCUT2D eigenvalue weighted by Gasteiger charge is -2.19. The van der Waals surface area contributed by atoms with E-state index in [9.17, 15) is 22.8 Å². The number of likely N-dealkylation sites (tertiary alicyclic amines) is 1. The topological polar surface area (TPSA) is 86.1 Å². The van der Waals surface area contributed by atoms with Crippen LogP contribution in [0.25, 0.3) is 0 Å². The number of nitrogens with zero attached hydrogens (tertiary/aromatic N) is 3. The summed E-state index contributed by atoms with van der Waals surface area (Å²) in [5.41, 5.74) is -1.32. The maximum atomic E-state index is 12.7. The van der Waals surface area contributed by atoms with Gasteiger partial charge in [-0.3, -0.25) is 14.5 Å². The molecule has 0 spiro atoms. The van der Waals surface area contributed by atoms with Gasteiger partial charge in [-0.25, -0.2) is 4.98 Å². The van der Waals surface area contributed by atoms with E-state index in [1.807, 2.05) is 0 Å². The van der Waals surface area contributed by atoms with Gasteiger partial charge >= 0.3 is 6.18 Å². The first-order valence-electron chi connectivity index (χ1n) is 6.76. The molecule has 1 unspecified atom stereocenters. The van der Waals surface area contributed by atoms with E-state index in [0.717, 1.165) is 11.0 Å². The molecule has 23 heavy (non-hydrogen) atoms. The van der Waals surface area contributed by atoms with Crippen molar-refractivity contribution in [1.29, 1.82) is 5.26 Å². The second-order valence-corrected chi connectivity index (χ2v) is 5.30. The summed E-state index contributed by atoms with van der Waals surface area (Å²) in [6.45, 7) is 3.31. The van der Waals surface area contributed by atoms with Crippen molar-refractivity contribution in [1.82, 2.24) is 9.88 Å². The van der Waals surface area contributed by atoms with Crippen LogP contribution in [-0.4, -0.2) is 33.8 Å². The van der Waals surface area contributed by atoms with Gasteiger partial charge in [-0.15, -0.1) is 0 Å². The third-order valence-corrected chi connectivity index (χ3v) is 3.32. The summed E-state index contributed by atoms with van der Waals surface area (Å²) in [6, 6.07) is 1.97. The monoisotopic (exact) mass is 326 g/mol. The first kappa shape index (κ1) is 16.7. The van der Waals surface area contributed by atoms with Gasteiger partial charge in [0.25, 0.3) is 5.91 Å². The number of nitriles is 1. The van der Waals surface area contributed by atoms with Crippen LogP contribution in [0.2, 0.25) is 0 Å². The largest absolute Gasteiger partial charge is 0.433 e. The van der Waals surface area contributed by atoms with Crippen molar-refractivity contribution in [3.05, 3.63) is 23.4 Å². The highest BCUT2D eigenvalue weighted by molar-refractivity contribution is 6.07. The van der Waals surface area contributed by atoms with E-state index in [4.69, 9.17) is 5.26 Å². The summed E-state index contributed by atoms with van der Waals surface area (Å²) < 4.78 is 38.2. The first-order chi connectivity index (χ1) is 10.6. The molecular formula is C14H13F3N4O2. The number of hydrogen-bond acceptors (Lipinski definition) is 5. The van der Waals surface area contributed by atoms with Crippen LogP contribution in [0.15, 0.2) is 12.1 Å². The number of rotatable bonds is 3. The standard InChI is InChI=1S/C14H13F3N4O2/c1-7(2)21-11(22)5-9(13(21)23)19-12-8(6-18)3-4-10(20-12)14(15,16)17/h3-4,7,9H,5H2,1-2H3,(H,19,20). The van der Waals surface area contributed by atoms with Gasteiger partial charge in [0.15, 0.2) is 0 Å². The van der Waals surface area contributed by atoms with Crippen molar-refractivity contribution < 1.29 is 22.8 Å². The second kappa shape index (κ2) is 5.87. The summed E-state index contributed by atoms with van der Waals surface area (Å²) in [4.78, 5) is 28.4. The number of amides is 2.